The largest absolute Gasteiger partial charge is 0.472 e. The fraction of sp³-hybridized carbons (Fsp3) is 0.600. The molecule has 2 aliphatic carbocycles. The number of carbonyl (C=O) groups is 2. The topological polar surface area (TPSA) is 88.1 Å². The summed E-state index contributed by atoms with van der Waals surface area (Å²) in [6.07, 6.45) is 7.81. The molecule has 2 saturated carbocycles. The minimum atomic E-state index is -0.701. The van der Waals surface area contributed by atoms with Gasteiger partial charge in [-0.1, -0.05) is 6.92 Å². The molecule has 172 valence electrons. The summed E-state index contributed by atoms with van der Waals surface area (Å²) in [6.45, 7) is 8.49. The number of furan rings is 2. The normalized spacial score (nSPS) is 37.5. The summed E-state index contributed by atoms with van der Waals surface area (Å²) in [6, 6.07) is 3.19. The highest BCUT2D eigenvalue weighted by molar-refractivity contribution is 5.89. The molecular formula is C25H30O7. The Labute approximate surface area is 187 Å². The van der Waals surface area contributed by atoms with Gasteiger partial charge in [0.25, 0.3) is 0 Å². The summed E-state index contributed by atoms with van der Waals surface area (Å²) in [5.41, 5.74) is -0.872. The molecule has 0 aromatic carbocycles. The highest BCUT2D eigenvalue weighted by Crippen LogP contribution is 2.66. The van der Waals surface area contributed by atoms with Gasteiger partial charge in [-0.05, 0) is 70.4 Å². The highest BCUT2D eigenvalue weighted by atomic mass is 16.6. The minimum Gasteiger partial charge on any atom is -0.472 e. The first-order valence-electron chi connectivity index (χ1n) is 11.3. The summed E-state index contributed by atoms with van der Waals surface area (Å²) in [5, 5.41) is 0. The Bertz CT molecular complexity index is 992. The molecular weight excluding hydrogens is 412 g/mol. The van der Waals surface area contributed by atoms with Crippen molar-refractivity contribution in [3.63, 3.8) is 0 Å². The van der Waals surface area contributed by atoms with Crippen molar-refractivity contribution in [3.8, 4) is 0 Å². The summed E-state index contributed by atoms with van der Waals surface area (Å²) in [7, 11) is 0. The van der Waals surface area contributed by atoms with E-state index in [1.54, 1.807) is 12.1 Å². The molecule has 0 radical (unpaired) electrons. The zero-order valence-electron chi connectivity index (χ0n) is 19.0. The standard InChI is InChI=1S/C25H30O7/c1-15-5-6-19(30-21(26)16-7-9-28-13-16)24(4)20(31-22(27)17-8-10-29-14-17)11-18-12-25(15,24)32-23(18,2)3/h7-10,13-15,18-20H,5-6,11-12H2,1-4H3/t15-,18+,19+,20+,24+,25+/m1/s1. The lowest BCUT2D eigenvalue weighted by Crippen LogP contribution is -2.67. The highest BCUT2D eigenvalue weighted by Gasteiger charge is 2.73. The van der Waals surface area contributed by atoms with Crippen molar-refractivity contribution in [2.45, 2.75) is 76.8 Å². The van der Waals surface area contributed by atoms with E-state index in [4.69, 9.17) is 23.0 Å². The molecule has 0 N–H and O–H groups in total. The molecule has 1 spiro atoms. The molecule has 2 aromatic rings. The van der Waals surface area contributed by atoms with Gasteiger partial charge in [-0.25, -0.2) is 9.59 Å². The second-order valence-electron chi connectivity index (χ2n) is 10.3. The van der Waals surface area contributed by atoms with E-state index >= 15 is 0 Å². The molecule has 5 rings (SSSR count). The first kappa shape index (κ1) is 21.3. The van der Waals surface area contributed by atoms with Crippen LogP contribution in [0.4, 0.5) is 0 Å². The molecule has 1 aliphatic heterocycles. The second-order valence-corrected chi connectivity index (χ2v) is 10.3. The Hall–Kier alpha value is -2.54. The molecule has 32 heavy (non-hydrogen) atoms. The van der Waals surface area contributed by atoms with E-state index in [0.29, 0.717) is 24.0 Å². The van der Waals surface area contributed by atoms with E-state index < -0.39 is 35.2 Å². The van der Waals surface area contributed by atoms with Crippen LogP contribution in [-0.2, 0) is 14.2 Å². The zero-order chi connectivity index (χ0) is 22.7. The third-order valence-corrected chi connectivity index (χ3v) is 8.40. The Kier molecular flexibility index (Phi) is 4.82. The van der Waals surface area contributed by atoms with Crippen LogP contribution < -0.4 is 0 Å². The number of carbonyl (C=O) groups excluding carboxylic acids is 2. The second kappa shape index (κ2) is 7.24. The Morgan fingerprint density at radius 2 is 1.53 bits per heavy atom. The molecule has 7 heteroatoms. The lowest BCUT2D eigenvalue weighted by atomic mass is 9.50. The van der Waals surface area contributed by atoms with Crippen molar-refractivity contribution >= 4 is 11.9 Å². The van der Waals surface area contributed by atoms with E-state index in [2.05, 4.69) is 27.7 Å². The molecule has 7 nitrogen and oxygen atoms in total. The Morgan fingerprint density at radius 3 is 2.09 bits per heavy atom. The summed E-state index contributed by atoms with van der Waals surface area (Å²) < 4.78 is 29.2. The van der Waals surface area contributed by atoms with Crippen LogP contribution in [0.2, 0.25) is 0 Å². The molecule has 0 unspecified atom stereocenters. The first-order valence-corrected chi connectivity index (χ1v) is 11.3. The molecule has 2 bridgehead atoms. The molecule has 1 saturated heterocycles. The van der Waals surface area contributed by atoms with Gasteiger partial charge in [-0.2, -0.15) is 0 Å². The maximum Gasteiger partial charge on any atom is 0.341 e. The van der Waals surface area contributed by atoms with E-state index in [9.17, 15) is 9.59 Å². The minimum absolute atomic E-state index is 0.232. The molecule has 2 aromatic heterocycles. The van der Waals surface area contributed by atoms with Crippen molar-refractivity contribution in [2.75, 3.05) is 0 Å². The average Bonchev–Trinajstić information content (AvgIpc) is 3.48. The number of hydrogen-bond donors (Lipinski definition) is 0. The summed E-state index contributed by atoms with van der Waals surface area (Å²) >= 11 is 0. The third-order valence-electron chi connectivity index (χ3n) is 8.40. The van der Waals surface area contributed by atoms with Gasteiger partial charge in [-0.3, -0.25) is 0 Å². The van der Waals surface area contributed by atoms with E-state index in [1.165, 1.54) is 25.1 Å². The molecule has 3 heterocycles. The SMILES string of the molecule is C[C@@H]1CC[C@H](OC(=O)c2ccoc2)[C@@]2(C)[C@@H](OC(=O)c3ccoc3)C[C@H]3C[C@]12OC3(C)C. The van der Waals surface area contributed by atoms with Crippen LogP contribution in [-0.4, -0.2) is 35.3 Å². The van der Waals surface area contributed by atoms with E-state index in [-0.39, 0.29) is 17.4 Å². The predicted molar refractivity (Wildman–Crippen MR) is 113 cm³/mol. The van der Waals surface area contributed by atoms with Gasteiger partial charge in [0.05, 0.1) is 40.3 Å². The van der Waals surface area contributed by atoms with Gasteiger partial charge in [0.1, 0.15) is 24.7 Å². The van der Waals surface area contributed by atoms with Crippen molar-refractivity contribution in [1.82, 2.24) is 0 Å². The van der Waals surface area contributed by atoms with Crippen LogP contribution in [0.15, 0.2) is 46.0 Å². The third kappa shape index (κ3) is 2.97. The lowest BCUT2D eigenvalue weighted by Gasteiger charge is -2.60. The van der Waals surface area contributed by atoms with E-state index in [1.807, 2.05) is 0 Å². The molecule has 3 fully saturated rings. The van der Waals surface area contributed by atoms with Crippen molar-refractivity contribution < 1.29 is 32.6 Å². The lowest BCUT2D eigenvalue weighted by molar-refractivity contribution is -0.253. The van der Waals surface area contributed by atoms with E-state index in [0.717, 1.165) is 12.8 Å². The number of fused-ring (bicyclic) bond motifs is 1. The maximum atomic E-state index is 12.9. The van der Waals surface area contributed by atoms with Crippen LogP contribution in [0.5, 0.6) is 0 Å². The maximum absolute atomic E-state index is 12.9. The van der Waals surface area contributed by atoms with Gasteiger partial charge >= 0.3 is 11.9 Å². The van der Waals surface area contributed by atoms with Gasteiger partial charge in [0, 0.05) is 0 Å². The van der Waals surface area contributed by atoms with Crippen molar-refractivity contribution in [1.29, 1.82) is 0 Å². The van der Waals surface area contributed by atoms with Gasteiger partial charge in [0.15, 0.2) is 0 Å². The summed E-state index contributed by atoms with van der Waals surface area (Å²) in [5.74, 6) is -0.397. The Balaban J connectivity index is 1.53. The molecule has 6 atom stereocenters. The number of ether oxygens (including phenoxy) is 3. The van der Waals surface area contributed by atoms with Crippen molar-refractivity contribution in [2.24, 2.45) is 17.3 Å². The molecule has 3 aliphatic rings. The van der Waals surface area contributed by atoms with Crippen LogP contribution in [0.25, 0.3) is 0 Å². The van der Waals surface area contributed by atoms with Gasteiger partial charge < -0.3 is 23.0 Å². The fourth-order valence-corrected chi connectivity index (χ4v) is 6.43. The zero-order valence-corrected chi connectivity index (χ0v) is 19.0. The number of esters is 2. The van der Waals surface area contributed by atoms with Gasteiger partial charge in [0.2, 0.25) is 0 Å². The van der Waals surface area contributed by atoms with Crippen LogP contribution in [0.3, 0.4) is 0 Å². The number of rotatable bonds is 4. The first-order chi connectivity index (χ1) is 15.2. The van der Waals surface area contributed by atoms with Gasteiger partial charge in [-0.15, -0.1) is 0 Å². The van der Waals surface area contributed by atoms with Crippen molar-refractivity contribution in [3.05, 3.63) is 48.3 Å². The van der Waals surface area contributed by atoms with Crippen LogP contribution >= 0.6 is 0 Å². The quantitative estimate of drug-likeness (QED) is 0.615. The summed E-state index contributed by atoms with van der Waals surface area (Å²) in [4.78, 5) is 25.8. The Morgan fingerprint density at radius 1 is 0.938 bits per heavy atom. The van der Waals surface area contributed by atoms with Crippen LogP contribution in [0, 0.1) is 17.3 Å². The fourth-order valence-electron chi connectivity index (χ4n) is 6.43. The predicted octanol–water partition coefficient (Wildman–Crippen LogP) is 5.02. The monoisotopic (exact) mass is 442 g/mol. The molecule has 0 amide bonds. The van der Waals surface area contributed by atoms with Crippen LogP contribution in [0.1, 0.15) is 74.1 Å². The average molecular weight is 443 g/mol. The smallest absolute Gasteiger partial charge is 0.341 e. The number of hydrogen-bond acceptors (Lipinski definition) is 7.